The van der Waals surface area contributed by atoms with Crippen molar-refractivity contribution in [1.29, 1.82) is 0 Å². The number of nitrogens with zero attached hydrogens (tertiary/aromatic N) is 1. The van der Waals surface area contributed by atoms with Crippen LogP contribution in [0.5, 0.6) is 11.5 Å². The smallest absolute Gasteiger partial charge is 0.254 e. The maximum absolute atomic E-state index is 12.5. The molecule has 1 amide bonds. The summed E-state index contributed by atoms with van der Waals surface area (Å²) in [4.78, 5) is 14.3. The number of carbonyl (C=O) groups excluding carboxylic acids is 1. The first kappa shape index (κ1) is 16.9. The average molecular weight is 326 g/mol. The molecule has 1 aromatic rings. The highest BCUT2D eigenvalue weighted by Crippen LogP contribution is 2.37. The largest absolute Gasteiger partial charge is 0.493 e. The summed E-state index contributed by atoms with van der Waals surface area (Å²) < 4.78 is 11.1. The number of methoxy groups -OCH3 is 1. The molecule has 0 atom stereocenters. The van der Waals surface area contributed by atoms with Gasteiger partial charge in [-0.05, 0) is 37.3 Å². The predicted molar refractivity (Wildman–Crippen MR) is 88.1 cm³/mol. The van der Waals surface area contributed by atoms with Crippen LogP contribution >= 0.6 is 11.6 Å². The van der Waals surface area contributed by atoms with Crippen LogP contribution in [0.3, 0.4) is 0 Å². The number of ether oxygens (including phenoxy) is 2. The number of rotatable bonds is 6. The number of benzene rings is 1. The lowest BCUT2D eigenvalue weighted by Gasteiger charge is -2.18. The van der Waals surface area contributed by atoms with Gasteiger partial charge in [-0.25, -0.2) is 0 Å². The van der Waals surface area contributed by atoms with Crippen LogP contribution in [0.1, 0.15) is 43.5 Å². The van der Waals surface area contributed by atoms with E-state index in [0.717, 1.165) is 32.4 Å². The quantitative estimate of drug-likeness (QED) is 0.793. The Kier molecular flexibility index (Phi) is 5.95. The van der Waals surface area contributed by atoms with Gasteiger partial charge in [-0.2, -0.15) is 0 Å². The molecular weight excluding hydrogens is 302 g/mol. The van der Waals surface area contributed by atoms with Gasteiger partial charge < -0.3 is 14.4 Å². The Morgan fingerprint density at radius 1 is 1.32 bits per heavy atom. The lowest BCUT2D eigenvalue weighted by Crippen LogP contribution is -2.27. The molecule has 0 radical (unpaired) electrons. The topological polar surface area (TPSA) is 38.8 Å². The van der Waals surface area contributed by atoms with Crippen molar-refractivity contribution in [2.75, 3.05) is 26.8 Å². The number of carbonyl (C=O) groups is 1. The van der Waals surface area contributed by atoms with Gasteiger partial charge in [0.15, 0.2) is 11.5 Å². The van der Waals surface area contributed by atoms with E-state index in [1.165, 1.54) is 0 Å². The van der Waals surface area contributed by atoms with Crippen molar-refractivity contribution < 1.29 is 14.3 Å². The minimum Gasteiger partial charge on any atom is -0.493 e. The van der Waals surface area contributed by atoms with Crippen LogP contribution < -0.4 is 9.47 Å². The molecule has 1 aromatic carbocycles. The number of halogens is 1. The highest BCUT2D eigenvalue weighted by molar-refractivity contribution is 6.32. The molecule has 1 heterocycles. The minimum atomic E-state index is 0.00595. The Balaban J connectivity index is 2.17. The number of hydrogen-bond acceptors (Lipinski definition) is 3. The van der Waals surface area contributed by atoms with Crippen LogP contribution in [-0.4, -0.2) is 37.6 Å². The summed E-state index contributed by atoms with van der Waals surface area (Å²) in [7, 11) is 1.56. The predicted octanol–water partition coefficient (Wildman–Crippen LogP) is 4.01. The van der Waals surface area contributed by atoms with Crippen LogP contribution in [0, 0.1) is 5.92 Å². The van der Waals surface area contributed by atoms with Gasteiger partial charge in [0.05, 0.1) is 18.7 Å². The summed E-state index contributed by atoms with van der Waals surface area (Å²) in [5.74, 6) is 1.59. The first-order chi connectivity index (χ1) is 10.5. The SMILES string of the molecule is COc1cc(C(=O)N2CCCC2)cc(Cl)c1OCCC(C)C. The third-order valence-electron chi connectivity index (χ3n) is 3.81. The van der Waals surface area contributed by atoms with Gasteiger partial charge in [0.2, 0.25) is 0 Å². The van der Waals surface area contributed by atoms with Gasteiger partial charge in [0, 0.05) is 18.7 Å². The summed E-state index contributed by atoms with van der Waals surface area (Å²) in [6, 6.07) is 3.40. The molecule has 0 saturated carbocycles. The molecule has 2 rings (SSSR count). The van der Waals surface area contributed by atoms with E-state index < -0.39 is 0 Å². The molecule has 1 saturated heterocycles. The summed E-state index contributed by atoms with van der Waals surface area (Å²) in [5.41, 5.74) is 0.556. The van der Waals surface area contributed by atoms with Gasteiger partial charge in [-0.1, -0.05) is 25.4 Å². The minimum absolute atomic E-state index is 0.00595. The molecule has 1 aliphatic rings. The van der Waals surface area contributed by atoms with Crippen molar-refractivity contribution in [3.05, 3.63) is 22.7 Å². The monoisotopic (exact) mass is 325 g/mol. The molecular formula is C17H24ClNO3. The van der Waals surface area contributed by atoms with Crippen molar-refractivity contribution in [2.45, 2.75) is 33.1 Å². The molecule has 0 spiro atoms. The summed E-state index contributed by atoms with van der Waals surface area (Å²) in [6.07, 6.45) is 3.06. The van der Waals surface area contributed by atoms with Gasteiger partial charge in [-0.3, -0.25) is 4.79 Å². The van der Waals surface area contributed by atoms with Gasteiger partial charge in [0.1, 0.15) is 0 Å². The molecule has 5 heteroatoms. The second-order valence-corrected chi connectivity index (χ2v) is 6.43. The van der Waals surface area contributed by atoms with E-state index in [1.807, 2.05) is 4.90 Å². The van der Waals surface area contributed by atoms with Crippen LogP contribution in [0.2, 0.25) is 5.02 Å². The summed E-state index contributed by atoms with van der Waals surface area (Å²) in [5, 5.41) is 0.422. The summed E-state index contributed by atoms with van der Waals surface area (Å²) in [6.45, 7) is 6.48. The molecule has 0 aliphatic carbocycles. The summed E-state index contributed by atoms with van der Waals surface area (Å²) >= 11 is 6.30. The first-order valence-corrected chi connectivity index (χ1v) is 8.20. The van der Waals surface area contributed by atoms with Crippen LogP contribution in [0.4, 0.5) is 0 Å². The Bertz CT molecular complexity index is 525. The molecule has 0 bridgehead atoms. The molecule has 122 valence electrons. The highest BCUT2D eigenvalue weighted by atomic mass is 35.5. The van der Waals surface area contributed by atoms with Gasteiger partial charge in [0.25, 0.3) is 5.91 Å². The molecule has 22 heavy (non-hydrogen) atoms. The van der Waals surface area contributed by atoms with Gasteiger partial charge >= 0.3 is 0 Å². The lowest BCUT2D eigenvalue weighted by atomic mass is 10.1. The van der Waals surface area contributed by atoms with Crippen molar-refractivity contribution in [3.8, 4) is 11.5 Å². The van der Waals surface area contributed by atoms with E-state index in [4.69, 9.17) is 21.1 Å². The highest BCUT2D eigenvalue weighted by Gasteiger charge is 2.22. The molecule has 4 nitrogen and oxygen atoms in total. The van der Waals surface area contributed by atoms with E-state index >= 15 is 0 Å². The molecule has 0 aromatic heterocycles. The van der Waals surface area contributed by atoms with E-state index in [2.05, 4.69) is 13.8 Å². The second-order valence-electron chi connectivity index (χ2n) is 6.02. The molecule has 0 unspecified atom stereocenters. The van der Waals surface area contributed by atoms with Crippen LogP contribution in [0.25, 0.3) is 0 Å². The van der Waals surface area contributed by atoms with Crippen LogP contribution in [0.15, 0.2) is 12.1 Å². The Morgan fingerprint density at radius 2 is 2.00 bits per heavy atom. The third-order valence-corrected chi connectivity index (χ3v) is 4.09. The molecule has 0 N–H and O–H groups in total. The van der Waals surface area contributed by atoms with Crippen molar-refractivity contribution in [1.82, 2.24) is 4.90 Å². The maximum Gasteiger partial charge on any atom is 0.254 e. The van der Waals surface area contributed by atoms with Crippen LogP contribution in [-0.2, 0) is 0 Å². The van der Waals surface area contributed by atoms with E-state index in [1.54, 1.807) is 19.2 Å². The zero-order valence-corrected chi connectivity index (χ0v) is 14.3. The zero-order valence-electron chi connectivity index (χ0n) is 13.5. The lowest BCUT2D eigenvalue weighted by molar-refractivity contribution is 0.0792. The van der Waals surface area contributed by atoms with E-state index in [-0.39, 0.29) is 5.91 Å². The fourth-order valence-electron chi connectivity index (χ4n) is 2.48. The average Bonchev–Trinajstić information content (AvgIpc) is 3.01. The first-order valence-electron chi connectivity index (χ1n) is 7.82. The van der Waals surface area contributed by atoms with Crippen molar-refractivity contribution >= 4 is 17.5 Å². The van der Waals surface area contributed by atoms with Crippen molar-refractivity contribution in [3.63, 3.8) is 0 Å². The molecule has 1 aliphatic heterocycles. The Labute approximate surface area is 137 Å². The molecule has 1 fully saturated rings. The fraction of sp³-hybridized carbons (Fsp3) is 0.588. The maximum atomic E-state index is 12.5. The van der Waals surface area contributed by atoms with E-state index in [9.17, 15) is 4.79 Å². The zero-order chi connectivity index (χ0) is 16.1. The normalized spacial score (nSPS) is 14.5. The van der Waals surface area contributed by atoms with E-state index in [0.29, 0.717) is 34.6 Å². The number of likely N-dealkylation sites (tertiary alicyclic amines) is 1. The standard InChI is InChI=1S/C17H24ClNO3/c1-12(2)6-9-22-16-14(18)10-13(11-15(16)21-3)17(20)19-7-4-5-8-19/h10-12H,4-9H2,1-3H3. The Morgan fingerprint density at radius 3 is 2.59 bits per heavy atom. The second kappa shape index (κ2) is 7.73. The van der Waals surface area contributed by atoms with Crippen molar-refractivity contribution in [2.24, 2.45) is 5.92 Å². The van der Waals surface area contributed by atoms with Gasteiger partial charge in [-0.15, -0.1) is 0 Å². The Hall–Kier alpha value is -1.42. The number of hydrogen-bond donors (Lipinski definition) is 0. The fourth-order valence-corrected chi connectivity index (χ4v) is 2.75. The number of amides is 1. The third kappa shape index (κ3) is 4.07.